The molecule has 19 heavy (non-hydrogen) atoms. The summed E-state index contributed by atoms with van der Waals surface area (Å²) in [7, 11) is 0. The zero-order valence-corrected chi connectivity index (χ0v) is 10.6. The Labute approximate surface area is 110 Å². The van der Waals surface area contributed by atoms with Crippen molar-refractivity contribution in [1.29, 1.82) is 0 Å². The summed E-state index contributed by atoms with van der Waals surface area (Å²) in [5, 5.41) is 15.7. The van der Waals surface area contributed by atoms with Crippen molar-refractivity contribution >= 4 is 17.5 Å². The van der Waals surface area contributed by atoms with Gasteiger partial charge in [-0.05, 0) is 6.92 Å². The minimum Gasteiger partial charge on any atom is -0.379 e. The standard InChI is InChI=1S/C10H16N6O3/c1-2-11-10-12-7-8(16(17)18)9(13-10)14-15-3-5-19-6-4-15/h7H,2-6H2,1H3,(H2,11,12,13,14). The number of hydrogen-bond donors (Lipinski definition) is 2. The molecular weight excluding hydrogens is 252 g/mol. The van der Waals surface area contributed by atoms with E-state index in [1.165, 1.54) is 6.20 Å². The number of nitrogens with zero attached hydrogens (tertiary/aromatic N) is 4. The van der Waals surface area contributed by atoms with E-state index in [0.717, 1.165) is 0 Å². The lowest BCUT2D eigenvalue weighted by Crippen LogP contribution is -2.40. The van der Waals surface area contributed by atoms with E-state index in [1.807, 2.05) is 11.9 Å². The van der Waals surface area contributed by atoms with Gasteiger partial charge in [0.2, 0.25) is 11.8 Å². The van der Waals surface area contributed by atoms with Gasteiger partial charge >= 0.3 is 5.69 Å². The van der Waals surface area contributed by atoms with E-state index < -0.39 is 4.92 Å². The van der Waals surface area contributed by atoms with Gasteiger partial charge in [-0.25, -0.2) is 9.99 Å². The molecule has 9 heteroatoms. The molecule has 0 unspecified atom stereocenters. The zero-order valence-electron chi connectivity index (χ0n) is 10.6. The molecule has 0 atom stereocenters. The number of rotatable bonds is 5. The van der Waals surface area contributed by atoms with Crippen molar-refractivity contribution in [2.45, 2.75) is 6.92 Å². The molecule has 1 fully saturated rings. The Balaban J connectivity index is 2.18. The summed E-state index contributed by atoms with van der Waals surface area (Å²) in [4.78, 5) is 18.5. The third-order valence-electron chi connectivity index (χ3n) is 2.58. The number of morpholine rings is 1. The molecule has 1 aliphatic rings. The number of nitro groups is 1. The van der Waals surface area contributed by atoms with Crippen molar-refractivity contribution < 1.29 is 9.66 Å². The minimum absolute atomic E-state index is 0.145. The Kier molecular flexibility index (Phi) is 4.42. The lowest BCUT2D eigenvalue weighted by Gasteiger charge is -2.27. The Hall–Kier alpha value is -2.00. The molecule has 2 heterocycles. The van der Waals surface area contributed by atoms with Gasteiger partial charge in [0, 0.05) is 19.6 Å². The van der Waals surface area contributed by atoms with E-state index in [-0.39, 0.29) is 11.5 Å². The highest BCUT2D eigenvalue weighted by Crippen LogP contribution is 2.22. The summed E-state index contributed by atoms with van der Waals surface area (Å²) in [6.45, 7) is 5.03. The summed E-state index contributed by atoms with van der Waals surface area (Å²) >= 11 is 0. The molecule has 0 aliphatic carbocycles. The van der Waals surface area contributed by atoms with Crippen LogP contribution in [0.2, 0.25) is 0 Å². The number of hydrogen-bond acceptors (Lipinski definition) is 8. The number of ether oxygens (including phenoxy) is 1. The third-order valence-corrected chi connectivity index (χ3v) is 2.58. The molecule has 104 valence electrons. The molecule has 2 rings (SSSR count). The smallest absolute Gasteiger partial charge is 0.330 e. The van der Waals surface area contributed by atoms with Crippen LogP contribution in [0.4, 0.5) is 17.5 Å². The predicted molar refractivity (Wildman–Crippen MR) is 68.9 cm³/mol. The van der Waals surface area contributed by atoms with Crippen molar-refractivity contribution in [3.8, 4) is 0 Å². The first-order valence-corrected chi connectivity index (χ1v) is 6.05. The van der Waals surface area contributed by atoms with Gasteiger partial charge in [0.25, 0.3) is 0 Å². The maximum absolute atomic E-state index is 11.0. The number of nitrogens with one attached hydrogen (secondary N) is 2. The topological polar surface area (TPSA) is 105 Å². The van der Waals surface area contributed by atoms with Gasteiger partial charge in [-0.2, -0.15) is 4.98 Å². The Morgan fingerprint density at radius 3 is 2.89 bits per heavy atom. The summed E-state index contributed by atoms with van der Waals surface area (Å²) in [5.74, 6) is 0.557. The summed E-state index contributed by atoms with van der Waals surface area (Å²) in [6.07, 6.45) is 1.20. The van der Waals surface area contributed by atoms with E-state index in [2.05, 4.69) is 20.7 Å². The fourth-order valence-electron chi connectivity index (χ4n) is 1.66. The monoisotopic (exact) mass is 268 g/mol. The van der Waals surface area contributed by atoms with Crippen LogP contribution in [-0.2, 0) is 4.74 Å². The second-order valence-corrected chi connectivity index (χ2v) is 3.93. The lowest BCUT2D eigenvalue weighted by molar-refractivity contribution is -0.384. The van der Waals surface area contributed by atoms with Crippen molar-refractivity contribution in [1.82, 2.24) is 15.0 Å². The van der Waals surface area contributed by atoms with E-state index >= 15 is 0 Å². The van der Waals surface area contributed by atoms with Crippen LogP contribution in [0.3, 0.4) is 0 Å². The van der Waals surface area contributed by atoms with Crippen LogP contribution in [0.1, 0.15) is 6.92 Å². The maximum atomic E-state index is 11.0. The van der Waals surface area contributed by atoms with Crippen molar-refractivity contribution in [3.05, 3.63) is 16.3 Å². The highest BCUT2D eigenvalue weighted by atomic mass is 16.6. The average Bonchev–Trinajstić information content (AvgIpc) is 2.40. The van der Waals surface area contributed by atoms with Gasteiger partial charge in [0.15, 0.2) is 0 Å². The van der Waals surface area contributed by atoms with Crippen LogP contribution in [0.25, 0.3) is 0 Å². The quantitative estimate of drug-likeness (QED) is 0.586. The second-order valence-electron chi connectivity index (χ2n) is 3.93. The van der Waals surface area contributed by atoms with Gasteiger partial charge in [-0.1, -0.05) is 0 Å². The molecule has 9 nitrogen and oxygen atoms in total. The fourth-order valence-corrected chi connectivity index (χ4v) is 1.66. The number of aromatic nitrogens is 2. The van der Waals surface area contributed by atoms with Crippen LogP contribution in [-0.4, -0.2) is 52.7 Å². The van der Waals surface area contributed by atoms with Gasteiger partial charge in [-0.15, -0.1) is 0 Å². The molecule has 1 aliphatic heterocycles. The van der Waals surface area contributed by atoms with Crippen molar-refractivity contribution in [2.24, 2.45) is 0 Å². The summed E-state index contributed by atoms with van der Waals surface area (Å²) in [6, 6.07) is 0. The molecular formula is C10H16N6O3. The van der Waals surface area contributed by atoms with Gasteiger partial charge < -0.3 is 10.1 Å². The minimum atomic E-state index is -0.501. The summed E-state index contributed by atoms with van der Waals surface area (Å²) < 4.78 is 5.22. The number of hydrazine groups is 1. The Morgan fingerprint density at radius 1 is 1.53 bits per heavy atom. The molecule has 1 aromatic rings. The second kappa shape index (κ2) is 6.25. The van der Waals surface area contributed by atoms with E-state index in [4.69, 9.17) is 4.74 Å². The number of anilines is 2. The lowest BCUT2D eigenvalue weighted by atomic mass is 10.4. The third kappa shape index (κ3) is 3.48. The van der Waals surface area contributed by atoms with Gasteiger partial charge in [-0.3, -0.25) is 15.5 Å². The van der Waals surface area contributed by atoms with E-state index in [1.54, 1.807) is 0 Å². The van der Waals surface area contributed by atoms with Crippen LogP contribution < -0.4 is 10.7 Å². The molecule has 0 bridgehead atoms. The largest absolute Gasteiger partial charge is 0.379 e. The average molecular weight is 268 g/mol. The van der Waals surface area contributed by atoms with E-state index in [9.17, 15) is 10.1 Å². The van der Waals surface area contributed by atoms with Crippen molar-refractivity contribution in [2.75, 3.05) is 43.6 Å². The molecule has 0 amide bonds. The molecule has 0 aromatic carbocycles. The first-order valence-electron chi connectivity index (χ1n) is 6.05. The molecule has 0 spiro atoms. The molecule has 1 saturated heterocycles. The van der Waals surface area contributed by atoms with Crippen LogP contribution in [0, 0.1) is 10.1 Å². The maximum Gasteiger partial charge on any atom is 0.330 e. The zero-order chi connectivity index (χ0) is 13.7. The SMILES string of the molecule is CCNc1ncc([N+](=O)[O-])c(NN2CCOCC2)n1. The first-order chi connectivity index (χ1) is 9.20. The summed E-state index contributed by atoms with van der Waals surface area (Å²) in [5.41, 5.74) is 2.80. The molecule has 1 aromatic heterocycles. The molecule has 0 saturated carbocycles. The van der Waals surface area contributed by atoms with Gasteiger partial charge in [0.1, 0.15) is 6.20 Å². The Morgan fingerprint density at radius 2 is 2.26 bits per heavy atom. The first kappa shape index (κ1) is 13.4. The molecule has 0 radical (unpaired) electrons. The van der Waals surface area contributed by atoms with Crippen LogP contribution in [0.15, 0.2) is 6.20 Å². The van der Waals surface area contributed by atoms with Crippen LogP contribution >= 0.6 is 0 Å². The fraction of sp³-hybridized carbons (Fsp3) is 0.600. The highest BCUT2D eigenvalue weighted by molar-refractivity contribution is 5.56. The predicted octanol–water partition coefficient (Wildman–Crippen LogP) is 0.476. The normalized spacial score (nSPS) is 16.1. The molecule has 2 N–H and O–H groups in total. The van der Waals surface area contributed by atoms with Gasteiger partial charge in [0.05, 0.1) is 18.1 Å². The van der Waals surface area contributed by atoms with Crippen molar-refractivity contribution in [3.63, 3.8) is 0 Å². The highest BCUT2D eigenvalue weighted by Gasteiger charge is 2.20. The van der Waals surface area contributed by atoms with E-state index in [0.29, 0.717) is 38.8 Å². The van der Waals surface area contributed by atoms with Crippen LogP contribution in [0.5, 0.6) is 0 Å². The Bertz CT molecular complexity index is 449.